The summed E-state index contributed by atoms with van der Waals surface area (Å²) < 4.78 is 0. The summed E-state index contributed by atoms with van der Waals surface area (Å²) in [5, 5.41) is 6.23. The van der Waals surface area contributed by atoms with Crippen molar-refractivity contribution in [1.29, 1.82) is 0 Å². The molecule has 14 heavy (non-hydrogen) atoms. The number of hydrogen-bond donors (Lipinski definition) is 1. The van der Waals surface area contributed by atoms with Crippen LogP contribution in [0.2, 0.25) is 0 Å². The van der Waals surface area contributed by atoms with Gasteiger partial charge < -0.3 is 15.4 Å². The summed E-state index contributed by atoms with van der Waals surface area (Å²) in [4.78, 5) is 25.9. The number of carbonyl (C=O) groups is 2. The molecule has 0 bridgehead atoms. The third-order valence-electron chi connectivity index (χ3n) is 1.59. The van der Waals surface area contributed by atoms with E-state index in [1.807, 2.05) is 0 Å². The number of aliphatic imine (C=N–C) groups is 1. The van der Waals surface area contributed by atoms with Gasteiger partial charge in [0.25, 0.3) is 0 Å². The number of rotatable bonds is 2. The SMILES string of the molecule is CN=C1NC(=O)C(CC(=O)[N-]C)S1.[Ru+]. The molecule has 1 fully saturated rings. The van der Waals surface area contributed by atoms with E-state index in [0.717, 1.165) is 0 Å². The molecular formula is C7H10N3O2RuS. The maximum absolute atomic E-state index is 11.2. The second-order valence-corrected chi connectivity index (χ2v) is 3.64. The van der Waals surface area contributed by atoms with E-state index in [-0.39, 0.29) is 43.0 Å². The van der Waals surface area contributed by atoms with E-state index in [2.05, 4.69) is 15.6 Å². The van der Waals surface area contributed by atoms with Crippen molar-refractivity contribution in [3.63, 3.8) is 0 Å². The Morgan fingerprint density at radius 1 is 1.71 bits per heavy atom. The Morgan fingerprint density at radius 2 is 2.36 bits per heavy atom. The molecule has 7 heteroatoms. The predicted octanol–water partition coefficient (Wildman–Crippen LogP) is 0.121. The van der Waals surface area contributed by atoms with Crippen LogP contribution in [0.5, 0.6) is 0 Å². The molecular weight excluding hydrogens is 291 g/mol. The minimum atomic E-state index is -0.366. The molecule has 0 aromatic heterocycles. The third kappa shape index (κ3) is 3.38. The Kier molecular flexibility index (Phi) is 5.96. The summed E-state index contributed by atoms with van der Waals surface area (Å²) in [6.45, 7) is 0. The number of thioether (sulfide) groups is 1. The third-order valence-corrected chi connectivity index (χ3v) is 2.76. The number of hydrogen-bond acceptors (Lipinski definition) is 4. The van der Waals surface area contributed by atoms with Crippen LogP contribution < -0.4 is 5.32 Å². The van der Waals surface area contributed by atoms with Gasteiger partial charge in [0, 0.05) is 13.5 Å². The predicted molar refractivity (Wildman–Crippen MR) is 51.8 cm³/mol. The zero-order chi connectivity index (χ0) is 9.84. The molecule has 1 N–H and O–H groups in total. The van der Waals surface area contributed by atoms with Gasteiger partial charge in [-0.05, 0) is 0 Å². The summed E-state index contributed by atoms with van der Waals surface area (Å²) in [7, 11) is 3.02. The van der Waals surface area contributed by atoms with Gasteiger partial charge in [0.05, 0.1) is 11.2 Å². The Labute approximate surface area is 99.2 Å². The van der Waals surface area contributed by atoms with Crippen LogP contribution in [0.25, 0.3) is 5.32 Å². The van der Waals surface area contributed by atoms with Crippen molar-refractivity contribution in [3.8, 4) is 0 Å². The Hall–Kier alpha value is -0.417. The number of nitrogens with zero attached hydrogens (tertiary/aromatic N) is 2. The minimum absolute atomic E-state index is 0. The smallest absolute Gasteiger partial charge is 0.656 e. The van der Waals surface area contributed by atoms with Gasteiger partial charge >= 0.3 is 19.5 Å². The van der Waals surface area contributed by atoms with Crippen molar-refractivity contribution in [3.05, 3.63) is 5.32 Å². The zero-order valence-electron chi connectivity index (χ0n) is 7.76. The van der Waals surface area contributed by atoms with E-state index in [4.69, 9.17) is 0 Å². The van der Waals surface area contributed by atoms with Gasteiger partial charge in [-0.1, -0.05) is 11.8 Å². The Balaban J connectivity index is 0.00000169. The van der Waals surface area contributed by atoms with Crippen molar-refractivity contribution in [2.45, 2.75) is 11.7 Å². The van der Waals surface area contributed by atoms with Crippen LogP contribution in [0, 0.1) is 0 Å². The number of amidine groups is 1. The second kappa shape index (κ2) is 6.14. The summed E-state index contributed by atoms with van der Waals surface area (Å²) in [5.74, 6) is -0.424. The molecule has 1 atom stereocenters. The molecule has 0 saturated carbocycles. The maximum atomic E-state index is 11.2. The average Bonchev–Trinajstić information content (AvgIpc) is 2.47. The van der Waals surface area contributed by atoms with Gasteiger partial charge in [-0.2, -0.15) is 0 Å². The topological polar surface area (TPSA) is 72.6 Å². The summed E-state index contributed by atoms with van der Waals surface area (Å²) >= 11 is 1.27. The van der Waals surface area contributed by atoms with Crippen LogP contribution in [-0.4, -0.2) is 36.3 Å². The van der Waals surface area contributed by atoms with Crippen LogP contribution in [0.4, 0.5) is 0 Å². The molecule has 1 unspecified atom stereocenters. The van der Waals surface area contributed by atoms with Crippen LogP contribution >= 0.6 is 11.8 Å². The van der Waals surface area contributed by atoms with Crippen LogP contribution in [-0.2, 0) is 29.1 Å². The molecule has 0 spiro atoms. The first-order valence-corrected chi connectivity index (χ1v) is 4.62. The first kappa shape index (κ1) is 13.6. The standard InChI is InChI=1S/C7H11N3O2S.Ru/c1-8-5(11)3-4-6(12)10-7(9-2)13-4;/h4H,3H2,1-2H3,(H2,8,9,10,11,12);/q;+1/p-1. The monoisotopic (exact) mass is 302 g/mol. The summed E-state index contributed by atoms with van der Waals surface area (Å²) in [6, 6.07) is 0. The minimum Gasteiger partial charge on any atom is -0.656 e. The Morgan fingerprint density at radius 3 is 2.79 bits per heavy atom. The van der Waals surface area contributed by atoms with Gasteiger partial charge in [-0.25, -0.2) is 0 Å². The normalized spacial score (nSPS) is 22.9. The molecule has 2 amide bonds. The molecule has 1 saturated heterocycles. The average molecular weight is 301 g/mol. The van der Waals surface area contributed by atoms with Gasteiger partial charge in [0.2, 0.25) is 5.91 Å². The van der Waals surface area contributed by atoms with Crippen LogP contribution in [0.3, 0.4) is 0 Å². The van der Waals surface area contributed by atoms with Crippen molar-refractivity contribution in [2.24, 2.45) is 4.99 Å². The van der Waals surface area contributed by atoms with Crippen molar-refractivity contribution in [1.82, 2.24) is 5.32 Å². The molecule has 0 aromatic carbocycles. The fourth-order valence-electron chi connectivity index (χ4n) is 0.896. The number of nitrogens with one attached hydrogen (secondary N) is 1. The van der Waals surface area contributed by atoms with Gasteiger partial charge in [-0.3, -0.25) is 9.79 Å². The number of amides is 2. The van der Waals surface area contributed by atoms with Crippen molar-refractivity contribution < 1.29 is 29.1 Å². The molecule has 0 aliphatic carbocycles. The van der Waals surface area contributed by atoms with E-state index < -0.39 is 0 Å². The molecule has 1 aliphatic rings. The molecule has 0 aromatic rings. The van der Waals surface area contributed by atoms with Crippen molar-refractivity contribution >= 4 is 28.7 Å². The van der Waals surface area contributed by atoms with E-state index in [1.165, 1.54) is 18.8 Å². The number of carbonyl (C=O) groups excluding carboxylic acids is 2. The maximum Gasteiger partial charge on any atom is 1.00 e. The summed E-state index contributed by atoms with van der Waals surface area (Å²) in [5.41, 5.74) is 0. The fraction of sp³-hybridized carbons (Fsp3) is 0.571. The molecule has 1 radical (unpaired) electrons. The first-order chi connectivity index (χ1) is 6.17. The van der Waals surface area contributed by atoms with E-state index >= 15 is 0 Å². The largest absolute Gasteiger partial charge is 1.00 e. The van der Waals surface area contributed by atoms with Gasteiger partial charge in [-0.15, -0.1) is 7.05 Å². The molecule has 1 rings (SSSR count). The molecule has 5 nitrogen and oxygen atoms in total. The first-order valence-electron chi connectivity index (χ1n) is 3.74. The van der Waals surface area contributed by atoms with E-state index in [0.29, 0.717) is 5.17 Å². The second-order valence-electron chi connectivity index (χ2n) is 2.45. The van der Waals surface area contributed by atoms with Crippen LogP contribution in [0.15, 0.2) is 4.99 Å². The quantitative estimate of drug-likeness (QED) is 0.736. The fourth-order valence-corrected chi connectivity index (χ4v) is 1.82. The zero-order valence-corrected chi connectivity index (χ0v) is 10.3. The van der Waals surface area contributed by atoms with Gasteiger partial charge in [0.1, 0.15) is 0 Å². The molecule has 1 heterocycles. The van der Waals surface area contributed by atoms with Crippen molar-refractivity contribution in [2.75, 3.05) is 14.1 Å². The van der Waals surface area contributed by atoms with Crippen LogP contribution in [0.1, 0.15) is 6.42 Å². The van der Waals surface area contributed by atoms with Gasteiger partial charge in [0.15, 0.2) is 5.17 Å². The van der Waals surface area contributed by atoms with E-state index in [9.17, 15) is 9.59 Å². The molecule has 79 valence electrons. The molecule has 1 aliphatic heterocycles. The Bertz CT molecular complexity index is 270. The van der Waals surface area contributed by atoms with E-state index in [1.54, 1.807) is 7.05 Å². The summed E-state index contributed by atoms with van der Waals surface area (Å²) in [6.07, 6.45) is 0.145.